The Morgan fingerprint density at radius 2 is 2.12 bits per heavy atom. The zero-order valence-electron chi connectivity index (χ0n) is 9.04. The number of thiazole rings is 1. The van der Waals surface area contributed by atoms with Crippen molar-refractivity contribution in [2.24, 2.45) is 0 Å². The van der Waals surface area contributed by atoms with Crippen molar-refractivity contribution < 1.29 is 4.79 Å². The summed E-state index contributed by atoms with van der Waals surface area (Å²) in [5, 5.41) is 1.93. The summed E-state index contributed by atoms with van der Waals surface area (Å²) in [7, 11) is 0. The van der Waals surface area contributed by atoms with E-state index in [9.17, 15) is 4.79 Å². The molecule has 0 aliphatic heterocycles. The maximum atomic E-state index is 11.8. The van der Waals surface area contributed by atoms with Crippen molar-refractivity contribution >= 4 is 34.5 Å². The van der Waals surface area contributed by atoms with Gasteiger partial charge in [-0.05, 0) is 12.1 Å². The molecule has 2 rings (SSSR count). The van der Waals surface area contributed by atoms with Crippen LogP contribution in [0.5, 0.6) is 0 Å². The van der Waals surface area contributed by atoms with Gasteiger partial charge < -0.3 is 4.90 Å². The second kappa shape index (κ2) is 5.80. The van der Waals surface area contributed by atoms with Gasteiger partial charge in [0.2, 0.25) is 5.91 Å². The van der Waals surface area contributed by atoms with E-state index in [1.807, 2.05) is 35.7 Å². The molecule has 1 heterocycles. The minimum atomic E-state index is -0.120. The van der Waals surface area contributed by atoms with Gasteiger partial charge in [0.15, 0.2) is 0 Å². The molecule has 0 spiro atoms. The number of alkyl halides is 1. The van der Waals surface area contributed by atoms with Crippen LogP contribution in [0.25, 0.3) is 0 Å². The molecule has 0 atom stereocenters. The lowest BCUT2D eigenvalue weighted by atomic mass is 10.2. The zero-order chi connectivity index (χ0) is 12.1. The molecule has 0 N–H and O–H groups in total. The monoisotopic (exact) mass is 266 g/mol. The minimum absolute atomic E-state index is 0.0287. The van der Waals surface area contributed by atoms with Crippen LogP contribution in [-0.2, 0) is 11.3 Å². The Bertz CT molecular complexity index is 473. The number of hydrogen-bond donors (Lipinski definition) is 0. The molecule has 1 aromatic carbocycles. The van der Waals surface area contributed by atoms with Crippen molar-refractivity contribution in [3.05, 3.63) is 46.9 Å². The summed E-state index contributed by atoms with van der Waals surface area (Å²) in [6, 6.07) is 9.47. The number of aromatic nitrogens is 1. The maximum absolute atomic E-state index is 11.8. The fraction of sp³-hybridized carbons (Fsp3) is 0.167. The number of carbonyl (C=O) groups excluding carboxylic acids is 1. The molecule has 88 valence electrons. The highest BCUT2D eigenvalue weighted by Crippen LogP contribution is 2.17. The van der Waals surface area contributed by atoms with Crippen LogP contribution in [0.4, 0.5) is 5.69 Å². The predicted molar refractivity (Wildman–Crippen MR) is 70.5 cm³/mol. The van der Waals surface area contributed by atoms with E-state index in [1.165, 1.54) is 11.3 Å². The van der Waals surface area contributed by atoms with E-state index in [0.717, 1.165) is 11.4 Å². The Morgan fingerprint density at radius 3 is 2.71 bits per heavy atom. The minimum Gasteiger partial charge on any atom is -0.305 e. The van der Waals surface area contributed by atoms with Crippen LogP contribution < -0.4 is 4.90 Å². The lowest BCUT2D eigenvalue weighted by Gasteiger charge is -2.20. The normalized spacial score (nSPS) is 10.2. The van der Waals surface area contributed by atoms with Crippen molar-refractivity contribution in [3.63, 3.8) is 0 Å². The van der Waals surface area contributed by atoms with Crippen molar-refractivity contribution in [1.29, 1.82) is 0 Å². The zero-order valence-corrected chi connectivity index (χ0v) is 10.6. The van der Waals surface area contributed by atoms with E-state index in [1.54, 1.807) is 10.4 Å². The molecule has 0 radical (unpaired) electrons. The largest absolute Gasteiger partial charge is 0.305 e. The third kappa shape index (κ3) is 3.05. The van der Waals surface area contributed by atoms with Crippen molar-refractivity contribution in [2.45, 2.75) is 6.54 Å². The standard InChI is InChI=1S/C12H11ClN2OS/c13-6-12(16)15(7-10-8-17-9-14-10)11-4-2-1-3-5-11/h1-5,8-9H,6-7H2. The van der Waals surface area contributed by atoms with Gasteiger partial charge in [-0.1, -0.05) is 18.2 Å². The van der Waals surface area contributed by atoms with Crippen LogP contribution in [0, 0.1) is 0 Å². The molecule has 5 heteroatoms. The summed E-state index contributed by atoms with van der Waals surface area (Å²) in [5.74, 6) is -0.148. The Kier molecular flexibility index (Phi) is 4.12. The van der Waals surface area contributed by atoms with E-state index in [2.05, 4.69) is 4.98 Å². The topological polar surface area (TPSA) is 33.2 Å². The molecule has 1 aromatic heterocycles. The predicted octanol–water partition coefficient (Wildman–Crippen LogP) is 2.92. The van der Waals surface area contributed by atoms with Crippen molar-refractivity contribution in [1.82, 2.24) is 4.98 Å². The number of benzene rings is 1. The van der Waals surface area contributed by atoms with Crippen molar-refractivity contribution in [2.75, 3.05) is 10.8 Å². The van der Waals surface area contributed by atoms with Crippen LogP contribution in [0.3, 0.4) is 0 Å². The highest BCUT2D eigenvalue weighted by atomic mass is 35.5. The molecule has 0 unspecified atom stereocenters. The molecule has 0 fully saturated rings. The first-order valence-corrected chi connectivity index (χ1v) is 6.57. The highest BCUT2D eigenvalue weighted by Gasteiger charge is 2.15. The quantitative estimate of drug-likeness (QED) is 0.798. The van der Waals surface area contributed by atoms with Gasteiger partial charge in [-0.15, -0.1) is 22.9 Å². The van der Waals surface area contributed by atoms with E-state index >= 15 is 0 Å². The van der Waals surface area contributed by atoms with Crippen LogP contribution in [0.2, 0.25) is 0 Å². The van der Waals surface area contributed by atoms with Crippen LogP contribution in [0.15, 0.2) is 41.2 Å². The first-order valence-electron chi connectivity index (χ1n) is 5.09. The summed E-state index contributed by atoms with van der Waals surface area (Å²) in [6.45, 7) is 0.457. The first-order chi connectivity index (χ1) is 8.31. The van der Waals surface area contributed by atoms with Crippen LogP contribution in [-0.4, -0.2) is 16.8 Å². The lowest BCUT2D eigenvalue weighted by Crippen LogP contribution is -2.31. The molecule has 3 nitrogen and oxygen atoms in total. The second-order valence-corrected chi connectivity index (χ2v) is 4.41. The Hall–Kier alpha value is -1.39. The summed E-state index contributed by atoms with van der Waals surface area (Å²) in [6.07, 6.45) is 0. The van der Waals surface area contributed by atoms with E-state index in [-0.39, 0.29) is 11.8 Å². The number of hydrogen-bond acceptors (Lipinski definition) is 3. The van der Waals surface area contributed by atoms with Crippen molar-refractivity contribution in [3.8, 4) is 0 Å². The first kappa shape index (κ1) is 12.1. The third-order valence-electron chi connectivity index (χ3n) is 2.29. The molecular weight excluding hydrogens is 256 g/mol. The molecule has 0 aliphatic rings. The summed E-state index contributed by atoms with van der Waals surface area (Å²) >= 11 is 7.14. The van der Waals surface area contributed by atoms with Crippen LogP contribution in [0.1, 0.15) is 5.69 Å². The SMILES string of the molecule is O=C(CCl)N(Cc1cscn1)c1ccccc1. The second-order valence-electron chi connectivity index (χ2n) is 3.43. The Morgan fingerprint density at radius 1 is 1.35 bits per heavy atom. The number of para-hydroxylation sites is 1. The molecule has 17 heavy (non-hydrogen) atoms. The van der Waals surface area contributed by atoms with Gasteiger partial charge in [0, 0.05) is 11.1 Å². The number of amides is 1. The highest BCUT2D eigenvalue weighted by molar-refractivity contribution is 7.07. The Balaban J connectivity index is 2.23. The van der Waals surface area contributed by atoms with E-state index in [0.29, 0.717) is 6.54 Å². The van der Waals surface area contributed by atoms with Gasteiger partial charge in [0.05, 0.1) is 17.7 Å². The average molecular weight is 267 g/mol. The van der Waals surface area contributed by atoms with Gasteiger partial charge in [-0.2, -0.15) is 0 Å². The summed E-state index contributed by atoms with van der Waals surface area (Å²) < 4.78 is 0. The fourth-order valence-electron chi connectivity index (χ4n) is 1.48. The van der Waals surface area contributed by atoms with Gasteiger partial charge in [0.25, 0.3) is 0 Å². The summed E-state index contributed by atoms with van der Waals surface area (Å²) in [4.78, 5) is 17.6. The number of rotatable bonds is 4. The molecule has 1 amide bonds. The fourth-order valence-corrected chi connectivity index (χ4v) is 2.18. The molecule has 2 aromatic rings. The molecule has 0 bridgehead atoms. The third-order valence-corrected chi connectivity index (χ3v) is 3.15. The number of nitrogens with zero attached hydrogens (tertiary/aromatic N) is 2. The van der Waals surface area contributed by atoms with Gasteiger partial charge in [0.1, 0.15) is 5.88 Å². The number of anilines is 1. The smallest absolute Gasteiger partial charge is 0.242 e. The van der Waals surface area contributed by atoms with Gasteiger partial charge >= 0.3 is 0 Å². The average Bonchev–Trinajstić information content (AvgIpc) is 2.89. The van der Waals surface area contributed by atoms with E-state index in [4.69, 9.17) is 11.6 Å². The van der Waals surface area contributed by atoms with E-state index < -0.39 is 0 Å². The molecule has 0 aliphatic carbocycles. The molecule has 0 saturated heterocycles. The van der Waals surface area contributed by atoms with Gasteiger partial charge in [-0.3, -0.25) is 4.79 Å². The summed E-state index contributed by atoms with van der Waals surface area (Å²) in [5.41, 5.74) is 3.47. The Labute approximate surface area is 109 Å². The van der Waals surface area contributed by atoms with Crippen LogP contribution >= 0.6 is 22.9 Å². The molecular formula is C12H11ClN2OS. The molecule has 0 saturated carbocycles. The number of carbonyl (C=O) groups is 1. The number of halogens is 1. The lowest BCUT2D eigenvalue weighted by molar-refractivity contribution is -0.116. The maximum Gasteiger partial charge on any atom is 0.242 e. The van der Waals surface area contributed by atoms with Gasteiger partial charge in [-0.25, -0.2) is 4.98 Å².